The molecule has 0 aliphatic rings. The van der Waals surface area contributed by atoms with E-state index in [0.29, 0.717) is 5.76 Å². The smallest absolute Gasteiger partial charge is 0.419 e. The third-order valence-corrected chi connectivity index (χ3v) is 2.63. The zero-order valence-electron chi connectivity index (χ0n) is 9.96. The third kappa shape index (κ3) is 2.78. The Morgan fingerprint density at radius 1 is 1.16 bits per heavy atom. The van der Waals surface area contributed by atoms with Gasteiger partial charge in [0.05, 0.1) is 11.6 Å². The quantitative estimate of drug-likeness (QED) is 0.836. The summed E-state index contributed by atoms with van der Waals surface area (Å²) in [5.74, 6) is -0.638. The van der Waals surface area contributed by atoms with Gasteiger partial charge in [0.25, 0.3) is 0 Å². The van der Waals surface area contributed by atoms with E-state index in [0.717, 1.165) is 12.1 Å². The average Bonchev–Trinajstić information content (AvgIpc) is 2.77. The molecule has 2 aromatic rings. The monoisotopic (exact) mass is 273 g/mol. The van der Waals surface area contributed by atoms with E-state index < -0.39 is 17.6 Å². The molecule has 1 unspecified atom stereocenters. The summed E-state index contributed by atoms with van der Waals surface area (Å²) in [5.41, 5.74) is 4.43. The summed E-state index contributed by atoms with van der Waals surface area (Å²) in [6, 6.07) is 5.44. The van der Waals surface area contributed by atoms with Crippen LogP contribution < -0.4 is 5.73 Å². The lowest BCUT2D eigenvalue weighted by Gasteiger charge is -2.09. The van der Waals surface area contributed by atoms with Crippen LogP contribution in [-0.4, -0.2) is 0 Å². The molecule has 0 fully saturated rings. The van der Waals surface area contributed by atoms with Crippen LogP contribution >= 0.6 is 0 Å². The number of furan rings is 1. The molecule has 2 nitrogen and oxygen atoms in total. The molecule has 0 aliphatic carbocycles. The Morgan fingerprint density at radius 2 is 1.84 bits per heavy atom. The Bertz CT molecular complexity index is 587. The van der Waals surface area contributed by atoms with Gasteiger partial charge in [0.2, 0.25) is 0 Å². The van der Waals surface area contributed by atoms with Gasteiger partial charge >= 0.3 is 6.18 Å². The molecule has 102 valence electrons. The van der Waals surface area contributed by atoms with Gasteiger partial charge in [-0.1, -0.05) is 0 Å². The van der Waals surface area contributed by atoms with Gasteiger partial charge < -0.3 is 10.2 Å². The van der Waals surface area contributed by atoms with E-state index in [1.54, 1.807) is 13.0 Å². The highest BCUT2D eigenvalue weighted by molar-refractivity contribution is 5.59. The lowest BCUT2D eigenvalue weighted by atomic mass is 10.1. The van der Waals surface area contributed by atoms with Gasteiger partial charge in [0.1, 0.15) is 17.3 Å². The van der Waals surface area contributed by atoms with Crippen molar-refractivity contribution in [3.05, 3.63) is 47.5 Å². The first kappa shape index (κ1) is 13.6. The highest BCUT2D eigenvalue weighted by Crippen LogP contribution is 2.34. The summed E-state index contributed by atoms with van der Waals surface area (Å²) in [7, 11) is 0. The van der Waals surface area contributed by atoms with Crippen molar-refractivity contribution in [1.29, 1.82) is 0 Å². The van der Waals surface area contributed by atoms with E-state index >= 15 is 0 Å². The molecule has 1 heterocycles. The normalized spacial score (nSPS) is 13.6. The molecule has 2 N–H and O–H groups in total. The Hall–Kier alpha value is -1.82. The molecule has 0 spiro atoms. The van der Waals surface area contributed by atoms with Crippen molar-refractivity contribution in [2.45, 2.75) is 19.1 Å². The first-order valence-electron chi connectivity index (χ1n) is 5.51. The number of benzene rings is 1. The third-order valence-electron chi connectivity index (χ3n) is 2.63. The van der Waals surface area contributed by atoms with Crippen LogP contribution in [0.2, 0.25) is 0 Å². The molecule has 2 rings (SSSR count). The number of rotatable bonds is 2. The molecule has 0 radical (unpaired) electrons. The highest BCUT2D eigenvalue weighted by Gasteiger charge is 2.34. The molecule has 0 saturated heterocycles. The average molecular weight is 273 g/mol. The molecule has 19 heavy (non-hydrogen) atoms. The zero-order chi connectivity index (χ0) is 14.2. The van der Waals surface area contributed by atoms with Gasteiger partial charge in [-0.3, -0.25) is 0 Å². The molecule has 0 aliphatic heterocycles. The lowest BCUT2D eigenvalue weighted by Crippen LogP contribution is -2.08. The minimum atomic E-state index is -4.74. The molecule has 0 bridgehead atoms. The van der Waals surface area contributed by atoms with Crippen LogP contribution in [-0.2, 0) is 6.18 Å². The molecular weight excluding hydrogens is 262 g/mol. The van der Waals surface area contributed by atoms with Gasteiger partial charge in [-0.25, -0.2) is 4.39 Å². The topological polar surface area (TPSA) is 39.2 Å². The fraction of sp³-hybridized carbons (Fsp3) is 0.231. The number of halogens is 4. The van der Waals surface area contributed by atoms with E-state index in [2.05, 4.69) is 0 Å². The van der Waals surface area contributed by atoms with E-state index in [-0.39, 0.29) is 17.4 Å². The van der Waals surface area contributed by atoms with Crippen LogP contribution in [0.4, 0.5) is 17.6 Å². The molecular formula is C13H11F4NO. The van der Waals surface area contributed by atoms with Crippen molar-refractivity contribution in [3.8, 4) is 11.3 Å². The van der Waals surface area contributed by atoms with Crippen LogP contribution in [0.5, 0.6) is 0 Å². The van der Waals surface area contributed by atoms with E-state index in [9.17, 15) is 17.6 Å². The highest BCUT2D eigenvalue weighted by atomic mass is 19.4. The summed E-state index contributed by atoms with van der Waals surface area (Å²) in [4.78, 5) is 0. The van der Waals surface area contributed by atoms with Crippen LogP contribution in [0.3, 0.4) is 0 Å². The molecule has 0 saturated carbocycles. The summed E-state index contributed by atoms with van der Waals surface area (Å²) >= 11 is 0. The van der Waals surface area contributed by atoms with E-state index in [1.165, 1.54) is 12.1 Å². The fourth-order valence-corrected chi connectivity index (χ4v) is 1.65. The van der Waals surface area contributed by atoms with Gasteiger partial charge in [-0.2, -0.15) is 13.2 Å². The number of alkyl halides is 3. The Labute approximate surface area is 106 Å². The second kappa shape index (κ2) is 4.70. The first-order valence-corrected chi connectivity index (χ1v) is 5.51. The largest absolute Gasteiger partial charge is 0.459 e. The summed E-state index contributed by atoms with van der Waals surface area (Å²) in [5, 5.41) is 0. The van der Waals surface area contributed by atoms with Crippen molar-refractivity contribution in [2.75, 3.05) is 0 Å². The minimum absolute atomic E-state index is 0.153. The van der Waals surface area contributed by atoms with Crippen molar-refractivity contribution in [2.24, 2.45) is 5.73 Å². The van der Waals surface area contributed by atoms with Crippen LogP contribution in [0, 0.1) is 5.82 Å². The number of hydrogen-bond donors (Lipinski definition) is 1. The molecule has 1 atom stereocenters. The Kier molecular flexibility index (Phi) is 3.36. The van der Waals surface area contributed by atoms with Crippen molar-refractivity contribution >= 4 is 0 Å². The van der Waals surface area contributed by atoms with E-state index in [1.807, 2.05) is 0 Å². The Morgan fingerprint density at radius 3 is 2.37 bits per heavy atom. The molecule has 1 aromatic carbocycles. The zero-order valence-corrected chi connectivity index (χ0v) is 9.96. The number of hydrogen-bond acceptors (Lipinski definition) is 2. The Balaban J connectivity index is 2.45. The summed E-state index contributed by atoms with van der Waals surface area (Å²) in [6.45, 7) is 1.69. The van der Waals surface area contributed by atoms with Crippen LogP contribution in [0.25, 0.3) is 11.3 Å². The van der Waals surface area contributed by atoms with Crippen molar-refractivity contribution in [3.63, 3.8) is 0 Å². The number of nitrogens with two attached hydrogens (primary N) is 1. The molecule has 1 aromatic heterocycles. The molecule has 6 heteroatoms. The van der Waals surface area contributed by atoms with Crippen molar-refractivity contribution < 1.29 is 22.0 Å². The lowest BCUT2D eigenvalue weighted by molar-refractivity contribution is -0.139. The standard InChI is InChI=1S/C13H11F4NO/c1-7(18)11-4-5-12(19-11)8-2-3-10(14)9(6-8)13(15,16)17/h2-7H,18H2,1H3. The summed E-state index contributed by atoms with van der Waals surface area (Å²) in [6.07, 6.45) is -4.74. The van der Waals surface area contributed by atoms with Crippen molar-refractivity contribution in [1.82, 2.24) is 0 Å². The van der Waals surface area contributed by atoms with Gasteiger partial charge in [0.15, 0.2) is 0 Å². The van der Waals surface area contributed by atoms with Gasteiger partial charge in [0, 0.05) is 5.56 Å². The maximum absolute atomic E-state index is 13.1. The molecule has 0 amide bonds. The maximum Gasteiger partial charge on any atom is 0.419 e. The maximum atomic E-state index is 13.1. The van der Waals surface area contributed by atoms with Crippen LogP contribution in [0.1, 0.15) is 24.3 Å². The first-order chi connectivity index (χ1) is 8.79. The second-order valence-electron chi connectivity index (χ2n) is 4.18. The predicted molar refractivity (Wildman–Crippen MR) is 61.7 cm³/mol. The SMILES string of the molecule is CC(N)c1ccc(-c2ccc(F)c(C(F)(F)F)c2)o1. The summed E-state index contributed by atoms with van der Waals surface area (Å²) < 4.78 is 56.2. The van der Waals surface area contributed by atoms with Gasteiger partial charge in [-0.15, -0.1) is 0 Å². The second-order valence-corrected chi connectivity index (χ2v) is 4.18. The minimum Gasteiger partial charge on any atom is -0.459 e. The van der Waals surface area contributed by atoms with E-state index in [4.69, 9.17) is 10.2 Å². The fourth-order valence-electron chi connectivity index (χ4n) is 1.65. The van der Waals surface area contributed by atoms with Gasteiger partial charge in [-0.05, 0) is 37.3 Å². The van der Waals surface area contributed by atoms with Crippen LogP contribution in [0.15, 0.2) is 34.7 Å². The predicted octanol–water partition coefficient (Wildman–Crippen LogP) is 4.12.